The van der Waals surface area contributed by atoms with Gasteiger partial charge in [0, 0.05) is 6.42 Å². The van der Waals surface area contributed by atoms with E-state index < -0.39 is 28.0 Å². The largest absolute Gasteiger partial charge is 0.387 e. The van der Waals surface area contributed by atoms with E-state index in [-0.39, 0.29) is 12.3 Å². The van der Waals surface area contributed by atoms with Gasteiger partial charge < -0.3 is 10.4 Å². The van der Waals surface area contributed by atoms with Gasteiger partial charge in [0.25, 0.3) is 10.1 Å². The van der Waals surface area contributed by atoms with Crippen LogP contribution in [-0.4, -0.2) is 41.9 Å². The molecule has 0 saturated heterocycles. The summed E-state index contributed by atoms with van der Waals surface area (Å²) in [6.07, 6.45) is 51.7. The summed E-state index contributed by atoms with van der Waals surface area (Å²) in [5.41, 5.74) is 0. The Balaban J connectivity index is 4.05. The number of rotatable bonds is 35. The van der Waals surface area contributed by atoms with Gasteiger partial charge in [-0.3, -0.25) is 9.35 Å². The van der Waals surface area contributed by atoms with Crippen LogP contribution < -0.4 is 5.32 Å². The predicted molar refractivity (Wildman–Crippen MR) is 216 cm³/mol. The fourth-order valence-electron chi connectivity index (χ4n) is 5.63. The van der Waals surface area contributed by atoms with Crippen molar-refractivity contribution in [3.05, 3.63) is 72.9 Å². The van der Waals surface area contributed by atoms with Crippen LogP contribution in [0.25, 0.3) is 0 Å². The first kappa shape index (κ1) is 47.8. The molecule has 1 amide bonds. The van der Waals surface area contributed by atoms with Crippen LogP contribution in [0.4, 0.5) is 0 Å². The molecule has 0 aliphatic heterocycles. The normalized spacial score (nSPS) is 14.1. The summed E-state index contributed by atoms with van der Waals surface area (Å²) in [4.78, 5) is 12.5. The molecule has 0 spiro atoms. The number of carbonyl (C=O) groups excluding carboxylic acids is 1. The Morgan fingerprint density at radius 1 is 0.560 bits per heavy atom. The highest BCUT2D eigenvalue weighted by Crippen LogP contribution is 2.13. The zero-order valence-corrected chi connectivity index (χ0v) is 32.8. The topological polar surface area (TPSA) is 104 Å². The molecule has 0 bridgehead atoms. The number of carbonyl (C=O) groups is 1. The molecule has 6 nitrogen and oxygen atoms in total. The molecule has 0 rings (SSSR count). The summed E-state index contributed by atoms with van der Waals surface area (Å²) >= 11 is 0. The summed E-state index contributed by atoms with van der Waals surface area (Å²) in [6.45, 7) is 4.40. The lowest BCUT2D eigenvalue weighted by atomic mass is 10.0. The van der Waals surface area contributed by atoms with Crippen molar-refractivity contribution >= 4 is 16.0 Å². The van der Waals surface area contributed by atoms with Crippen LogP contribution in [0.15, 0.2) is 72.9 Å². The van der Waals surface area contributed by atoms with Gasteiger partial charge in [-0.15, -0.1) is 0 Å². The van der Waals surface area contributed by atoms with E-state index in [9.17, 15) is 22.9 Å². The van der Waals surface area contributed by atoms with Crippen molar-refractivity contribution in [2.45, 2.75) is 187 Å². The van der Waals surface area contributed by atoms with Gasteiger partial charge in [0.2, 0.25) is 5.91 Å². The molecule has 0 aromatic heterocycles. The highest BCUT2D eigenvalue weighted by molar-refractivity contribution is 7.85. The summed E-state index contributed by atoms with van der Waals surface area (Å²) in [6, 6.07) is -1.09. The Labute approximate surface area is 308 Å². The molecule has 0 aliphatic rings. The third-order valence-electron chi connectivity index (χ3n) is 8.62. The molecule has 0 fully saturated rings. The zero-order valence-electron chi connectivity index (χ0n) is 32.0. The van der Waals surface area contributed by atoms with Crippen LogP contribution in [-0.2, 0) is 14.9 Å². The van der Waals surface area contributed by atoms with Crippen LogP contribution in [0.5, 0.6) is 0 Å². The van der Waals surface area contributed by atoms with Gasteiger partial charge in [0.15, 0.2) is 0 Å². The van der Waals surface area contributed by atoms with Gasteiger partial charge in [-0.1, -0.05) is 170 Å². The number of nitrogens with one attached hydrogen (secondary N) is 1. The maximum Gasteiger partial charge on any atom is 0.267 e. The van der Waals surface area contributed by atoms with Gasteiger partial charge in [-0.05, 0) is 70.6 Å². The first-order valence-electron chi connectivity index (χ1n) is 20.1. The molecule has 7 heteroatoms. The molecule has 50 heavy (non-hydrogen) atoms. The summed E-state index contributed by atoms with van der Waals surface area (Å²) < 4.78 is 32.5. The Hall–Kier alpha value is -2.22. The molecule has 0 aromatic carbocycles. The smallest absolute Gasteiger partial charge is 0.267 e. The second kappa shape index (κ2) is 36.6. The molecule has 3 N–H and O–H groups in total. The van der Waals surface area contributed by atoms with Crippen molar-refractivity contribution in [2.24, 2.45) is 0 Å². The summed E-state index contributed by atoms with van der Waals surface area (Å²) in [5.74, 6) is -1.04. The first-order valence-corrected chi connectivity index (χ1v) is 21.7. The van der Waals surface area contributed by atoms with Crippen molar-refractivity contribution in [3.8, 4) is 0 Å². The van der Waals surface area contributed by atoms with Crippen LogP contribution in [0, 0.1) is 0 Å². The minimum atomic E-state index is -4.37. The zero-order chi connectivity index (χ0) is 36.8. The van der Waals surface area contributed by atoms with Crippen molar-refractivity contribution < 1.29 is 22.9 Å². The minimum Gasteiger partial charge on any atom is -0.387 e. The molecule has 288 valence electrons. The van der Waals surface area contributed by atoms with E-state index in [1.54, 1.807) is 6.08 Å². The van der Waals surface area contributed by atoms with E-state index >= 15 is 0 Å². The molecule has 0 radical (unpaired) electrons. The summed E-state index contributed by atoms with van der Waals surface area (Å²) in [5, 5.41) is 13.2. The lowest BCUT2D eigenvalue weighted by Crippen LogP contribution is -2.46. The maximum atomic E-state index is 12.5. The fourth-order valence-corrected chi connectivity index (χ4v) is 6.37. The van der Waals surface area contributed by atoms with Crippen molar-refractivity contribution in [1.29, 1.82) is 0 Å². The molecule has 0 saturated carbocycles. The lowest BCUT2D eigenvalue weighted by molar-refractivity contribution is -0.122. The Bertz CT molecular complexity index is 1060. The standard InChI is InChI=1S/C43H75NO5S/c1-3-5-7-9-11-13-15-17-19-21-23-24-26-28-30-32-34-36-38-42(45)41(40-50(47,48)49)44-43(46)39-37-35-33-31-29-27-25-22-20-18-16-14-12-10-8-6-4-2/h6,8,12,14,18,20,25,27-28,30,36,38,41-42,45H,3-5,7,9-11,13,15-17,19,21-24,26,29,31-35,37,39-40H2,1-2H3,(H,44,46)(H,47,48,49)/b8-6-,14-12-,20-18-,27-25-,30-28+,38-36+. The lowest BCUT2D eigenvalue weighted by Gasteiger charge is -2.21. The molecule has 0 aliphatic carbocycles. The van der Waals surface area contributed by atoms with Crippen molar-refractivity contribution in [3.63, 3.8) is 0 Å². The van der Waals surface area contributed by atoms with E-state index in [1.165, 1.54) is 83.1 Å². The van der Waals surface area contributed by atoms with Gasteiger partial charge in [0.05, 0.1) is 17.9 Å². The Kier molecular flexibility index (Phi) is 34.9. The number of aliphatic hydroxyl groups is 1. The van der Waals surface area contributed by atoms with Gasteiger partial charge in [-0.25, -0.2) is 0 Å². The minimum absolute atomic E-state index is 0.256. The highest BCUT2D eigenvalue weighted by atomic mass is 32.2. The average molecular weight is 718 g/mol. The van der Waals surface area contributed by atoms with Crippen LogP contribution >= 0.6 is 0 Å². The molecular weight excluding hydrogens is 643 g/mol. The molecule has 0 heterocycles. The van der Waals surface area contributed by atoms with Crippen LogP contribution in [0.3, 0.4) is 0 Å². The molecule has 0 aromatic rings. The Morgan fingerprint density at radius 3 is 1.50 bits per heavy atom. The van der Waals surface area contributed by atoms with E-state index in [1.807, 2.05) is 0 Å². The van der Waals surface area contributed by atoms with Gasteiger partial charge in [-0.2, -0.15) is 8.42 Å². The third-order valence-corrected chi connectivity index (χ3v) is 9.40. The number of hydrogen-bond acceptors (Lipinski definition) is 4. The number of amides is 1. The third kappa shape index (κ3) is 37.0. The number of hydrogen-bond donors (Lipinski definition) is 3. The molecular formula is C43H75NO5S. The van der Waals surface area contributed by atoms with Crippen LogP contribution in [0.2, 0.25) is 0 Å². The number of aliphatic hydroxyl groups excluding tert-OH is 1. The number of allylic oxidation sites excluding steroid dienone is 11. The van der Waals surface area contributed by atoms with Gasteiger partial charge >= 0.3 is 0 Å². The monoisotopic (exact) mass is 718 g/mol. The van der Waals surface area contributed by atoms with Crippen molar-refractivity contribution in [2.75, 3.05) is 5.75 Å². The van der Waals surface area contributed by atoms with Crippen LogP contribution in [0.1, 0.15) is 174 Å². The first-order chi connectivity index (χ1) is 24.3. The summed E-state index contributed by atoms with van der Waals surface area (Å²) in [7, 11) is -4.37. The van der Waals surface area contributed by atoms with Crippen molar-refractivity contribution in [1.82, 2.24) is 5.32 Å². The average Bonchev–Trinajstić information content (AvgIpc) is 3.08. The fraction of sp³-hybridized carbons (Fsp3) is 0.698. The quantitative estimate of drug-likeness (QED) is 0.0344. The van der Waals surface area contributed by atoms with E-state index in [4.69, 9.17) is 0 Å². The van der Waals surface area contributed by atoms with Gasteiger partial charge in [0.1, 0.15) is 0 Å². The molecule has 2 atom stereocenters. The van der Waals surface area contributed by atoms with E-state index in [0.717, 1.165) is 64.2 Å². The SMILES string of the molecule is CC/C=C\C/C=C\C/C=C\C/C=C\CCCCCCC(=O)NC(CS(=O)(=O)O)C(O)/C=C/CC/C=C/CCCCCCCCCCCCCC. The highest BCUT2D eigenvalue weighted by Gasteiger charge is 2.24. The number of unbranched alkanes of at least 4 members (excludes halogenated alkanes) is 17. The second-order valence-corrected chi connectivity index (χ2v) is 15.0. The van der Waals surface area contributed by atoms with E-state index in [2.05, 4.69) is 79.9 Å². The molecule has 2 unspecified atom stereocenters. The predicted octanol–water partition coefficient (Wildman–Crippen LogP) is 11.8. The Morgan fingerprint density at radius 2 is 0.980 bits per heavy atom. The van der Waals surface area contributed by atoms with E-state index in [0.29, 0.717) is 12.8 Å². The second-order valence-electron chi connectivity index (χ2n) is 13.5. The maximum absolute atomic E-state index is 12.5.